The smallest absolute Gasteiger partial charge is 0.257 e. The fourth-order valence-electron chi connectivity index (χ4n) is 3.28. The lowest BCUT2D eigenvalue weighted by atomic mass is 9.92. The molecule has 1 aromatic carbocycles. The molecule has 1 N–H and O–H groups in total. The van der Waals surface area contributed by atoms with Crippen molar-refractivity contribution in [1.82, 2.24) is 10.2 Å². The molecule has 0 aliphatic carbocycles. The molecule has 2 rings (SSSR count). The average molecular weight is 369 g/mol. The van der Waals surface area contributed by atoms with Gasteiger partial charge in [-0.25, -0.2) is 0 Å². The molecule has 1 aliphatic heterocycles. The quantitative estimate of drug-likeness (QED) is 0.728. The molecule has 5 nitrogen and oxygen atoms in total. The van der Waals surface area contributed by atoms with Crippen LogP contribution >= 0.6 is 11.6 Å². The largest absolute Gasteiger partial charge is 0.484 e. The summed E-state index contributed by atoms with van der Waals surface area (Å²) in [6.45, 7) is 8.49. The summed E-state index contributed by atoms with van der Waals surface area (Å²) in [6.07, 6.45) is 2.21. The Bertz CT molecular complexity index is 514. The molecule has 0 bridgehead atoms. The van der Waals surface area contributed by atoms with Crippen LogP contribution in [0.2, 0.25) is 5.02 Å². The van der Waals surface area contributed by atoms with E-state index >= 15 is 0 Å². The summed E-state index contributed by atoms with van der Waals surface area (Å²) in [5.41, 5.74) is 0. The number of carbonyl (C=O) groups excluding carboxylic acids is 1. The van der Waals surface area contributed by atoms with Gasteiger partial charge in [-0.3, -0.25) is 9.69 Å². The molecule has 140 valence electrons. The Morgan fingerprint density at radius 1 is 1.24 bits per heavy atom. The van der Waals surface area contributed by atoms with Gasteiger partial charge in [-0.05, 0) is 30.2 Å². The predicted octanol–water partition coefficient (Wildman–Crippen LogP) is 2.97. The molecule has 0 radical (unpaired) electrons. The lowest BCUT2D eigenvalue weighted by Crippen LogP contribution is -2.52. The maximum Gasteiger partial charge on any atom is 0.257 e. The summed E-state index contributed by atoms with van der Waals surface area (Å²) in [7, 11) is 0. The lowest BCUT2D eigenvalue weighted by Gasteiger charge is -2.38. The van der Waals surface area contributed by atoms with E-state index in [1.807, 2.05) is 0 Å². The molecule has 1 saturated heterocycles. The topological polar surface area (TPSA) is 50.8 Å². The fourth-order valence-corrected chi connectivity index (χ4v) is 3.41. The summed E-state index contributed by atoms with van der Waals surface area (Å²) < 4.78 is 11.0. The zero-order chi connectivity index (χ0) is 18.1. The Balaban J connectivity index is 1.83. The van der Waals surface area contributed by atoms with E-state index in [9.17, 15) is 4.79 Å². The summed E-state index contributed by atoms with van der Waals surface area (Å²) in [5, 5.41) is 3.69. The molecule has 0 aromatic heterocycles. The molecular formula is C19H29ClN2O3. The summed E-state index contributed by atoms with van der Waals surface area (Å²) in [5.74, 6) is 1.11. The summed E-state index contributed by atoms with van der Waals surface area (Å²) >= 11 is 5.84. The van der Waals surface area contributed by atoms with E-state index in [0.29, 0.717) is 29.3 Å². The molecule has 1 atom stereocenters. The molecule has 1 fully saturated rings. The van der Waals surface area contributed by atoms with E-state index in [1.54, 1.807) is 24.3 Å². The van der Waals surface area contributed by atoms with Crippen LogP contribution in [0.4, 0.5) is 0 Å². The molecule has 0 spiro atoms. The number of amides is 1. The predicted molar refractivity (Wildman–Crippen MR) is 100 cm³/mol. The average Bonchev–Trinajstić information content (AvgIpc) is 2.65. The van der Waals surface area contributed by atoms with Crippen LogP contribution in [-0.2, 0) is 9.53 Å². The zero-order valence-corrected chi connectivity index (χ0v) is 15.9. The molecule has 25 heavy (non-hydrogen) atoms. The third-order valence-electron chi connectivity index (χ3n) is 4.80. The normalized spacial score (nSPS) is 16.6. The Labute approximate surface area is 155 Å². The SMILES string of the molecule is CCC(CC)C(CNC(=O)COc1ccc(Cl)cc1)N1CCOCC1. The highest BCUT2D eigenvalue weighted by Gasteiger charge is 2.27. The Morgan fingerprint density at radius 2 is 1.88 bits per heavy atom. The zero-order valence-electron chi connectivity index (χ0n) is 15.2. The first-order valence-corrected chi connectivity index (χ1v) is 9.48. The van der Waals surface area contributed by atoms with Gasteiger partial charge in [-0.1, -0.05) is 38.3 Å². The Kier molecular flexibility index (Phi) is 8.52. The highest BCUT2D eigenvalue weighted by Crippen LogP contribution is 2.19. The molecule has 1 aromatic rings. The van der Waals surface area contributed by atoms with Crippen molar-refractivity contribution in [3.63, 3.8) is 0 Å². The lowest BCUT2D eigenvalue weighted by molar-refractivity contribution is -0.123. The first-order valence-electron chi connectivity index (χ1n) is 9.10. The van der Waals surface area contributed by atoms with Crippen LogP contribution < -0.4 is 10.1 Å². The fraction of sp³-hybridized carbons (Fsp3) is 0.632. The number of ether oxygens (including phenoxy) is 2. The molecule has 1 heterocycles. The van der Waals surface area contributed by atoms with Crippen molar-refractivity contribution in [2.24, 2.45) is 5.92 Å². The van der Waals surface area contributed by atoms with Crippen LogP contribution in [0.25, 0.3) is 0 Å². The van der Waals surface area contributed by atoms with Gasteiger partial charge < -0.3 is 14.8 Å². The maximum atomic E-state index is 12.2. The number of nitrogens with zero attached hydrogens (tertiary/aromatic N) is 1. The van der Waals surface area contributed by atoms with E-state index in [4.69, 9.17) is 21.1 Å². The highest BCUT2D eigenvalue weighted by atomic mass is 35.5. The van der Waals surface area contributed by atoms with Crippen LogP contribution in [0.5, 0.6) is 5.75 Å². The van der Waals surface area contributed by atoms with E-state index < -0.39 is 0 Å². The minimum atomic E-state index is -0.0980. The van der Waals surface area contributed by atoms with E-state index in [2.05, 4.69) is 24.1 Å². The number of hydrogen-bond acceptors (Lipinski definition) is 4. The van der Waals surface area contributed by atoms with Gasteiger partial charge in [-0.2, -0.15) is 0 Å². The second-order valence-electron chi connectivity index (χ2n) is 6.34. The van der Waals surface area contributed by atoms with Gasteiger partial charge in [0.1, 0.15) is 5.75 Å². The third-order valence-corrected chi connectivity index (χ3v) is 5.05. The molecule has 1 unspecified atom stereocenters. The molecule has 6 heteroatoms. The highest BCUT2D eigenvalue weighted by molar-refractivity contribution is 6.30. The molecule has 0 saturated carbocycles. The number of nitrogens with one attached hydrogen (secondary N) is 1. The number of hydrogen-bond donors (Lipinski definition) is 1. The van der Waals surface area contributed by atoms with E-state index in [-0.39, 0.29) is 12.5 Å². The van der Waals surface area contributed by atoms with Gasteiger partial charge in [0.05, 0.1) is 13.2 Å². The Hall–Kier alpha value is -1.30. The van der Waals surface area contributed by atoms with Gasteiger partial charge in [-0.15, -0.1) is 0 Å². The monoisotopic (exact) mass is 368 g/mol. The second-order valence-corrected chi connectivity index (χ2v) is 6.78. The van der Waals surface area contributed by atoms with E-state index in [0.717, 1.165) is 39.1 Å². The van der Waals surface area contributed by atoms with Gasteiger partial charge in [0.25, 0.3) is 5.91 Å². The van der Waals surface area contributed by atoms with Crippen molar-refractivity contribution in [1.29, 1.82) is 0 Å². The summed E-state index contributed by atoms with van der Waals surface area (Å²) in [6, 6.07) is 7.36. The van der Waals surface area contributed by atoms with Crippen molar-refractivity contribution in [2.45, 2.75) is 32.7 Å². The van der Waals surface area contributed by atoms with Crippen LogP contribution in [-0.4, -0.2) is 56.3 Å². The number of halogens is 1. The number of rotatable bonds is 9. The van der Waals surface area contributed by atoms with Crippen molar-refractivity contribution in [3.8, 4) is 5.75 Å². The van der Waals surface area contributed by atoms with Gasteiger partial charge in [0, 0.05) is 30.7 Å². The van der Waals surface area contributed by atoms with Crippen molar-refractivity contribution in [3.05, 3.63) is 29.3 Å². The molecule has 1 aliphatic rings. The minimum Gasteiger partial charge on any atom is -0.484 e. The third kappa shape index (κ3) is 6.49. The van der Waals surface area contributed by atoms with Crippen LogP contribution in [0, 0.1) is 5.92 Å². The first kappa shape index (κ1) is 20.0. The standard InChI is InChI=1S/C19H29ClN2O3/c1-3-15(4-2)18(22-9-11-24-12-10-22)13-21-19(23)14-25-17-7-5-16(20)6-8-17/h5-8,15,18H,3-4,9-14H2,1-2H3,(H,21,23). The Morgan fingerprint density at radius 3 is 2.48 bits per heavy atom. The van der Waals surface area contributed by atoms with Gasteiger partial charge >= 0.3 is 0 Å². The van der Waals surface area contributed by atoms with Gasteiger partial charge in [0.15, 0.2) is 6.61 Å². The molecular weight excluding hydrogens is 340 g/mol. The van der Waals surface area contributed by atoms with Crippen molar-refractivity contribution < 1.29 is 14.3 Å². The minimum absolute atomic E-state index is 0.0143. The number of morpholine rings is 1. The summed E-state index contributed by atoms with van der Waals surface area (Å²) in [4.78, 5) is 14.6. The number of benzene rings is 1. The maximum absolute atomic E-state index is 12.2. The van der Waals surface area contributed by atoms with Gasteiger partial charge in [0.2, 0.25) is 0 Å². The molecule has 1 amide bonds. The van der Waals surface area contributed by atoms with Crippen LogP contribution in [0.1, 0.15) is 26.7 Å². The van der Waals surface area contributed by atoms with Crippen molar-refractivity contribution in [2.75, 3.05) is 39.5 Å². The van der Waals surface area contributed by atoms with Crippen LogP contribution in [0.3, 0.4) is 0 Å². The van der Waals surface area contributed by atoms with Crippen LogP contribution in [0.15, 0.2) is 24.3 Å². The van der Waals surface area contributed by atoms with E-state index in [1.165, 1.54) is 0 Å². The van der Waals surface area contributed by atoms with Crippen molar-refractivity contribution >= 4 is 17.5 Å². The second kappa shape index (κ2) is 10.6. The first-order chi connectivity index (χ1) is 12.1. The number of carbonyl (C=O) groups is 1.